The molecule has 0 fully saturated rings. The number of cyclic esters (lactones) is 1. The van der Waals surface area contributed by atoms with Gasteiger partial charge in [0.25, 0.3) is 5.56 Å². The molecule has 1 aromatic carbocycles. The molecular formula is C24H25NO4. The molecule has 0 radical (unpaired) electrons. The Balaban J connectivity index is 1.65. The second-order valence-corrected chi connectivity index (χ2v) is 8.57. The van der Waals surface area contributed by atoms with Crippen LogP contribution in [0.1, 0.15) is 63.6 Å². The molecule has 3 aliphatic rings. The lowest BCUT2D eigenvalue weighted by Gasteiger charge is -2.26. The lowest BCUT2D eigenvalue weighted by atomic mass is 9.79. The van der Waals surface area contributed by atoms with Crippen LogP contribution in [0.3, 0.4) is 0 Å². The quantitative estimate of drug-likeness (QED) is 0.700. The van der Waals surface area contributed by atoms with Gasteiger partial charge < -0.3 is 14.4 Å². The van der Waals surface area contributed by atoms with Gasteiger partial charge >= 0.3 is 5.97 Å². The second-order valence-electron chi connectivity index (χ2n) is 8.57. The highest BCUT2D eigenvalue weighted by atomic mass is 16.5. The largest absolute Gasteiger partial charge is 0.458 e. The smallest absolute Gasteiger partial charge is 0.340 e. The molecule has 2 aromatic rings. The van der Waals surface area contributed by atoms with Crippen LogP contribution in [0, 0.1) is 20.8 Å². The van der Waals surface area contributed by atoms with Crippen LogP contribution in [0.15, 0.2) is 22.5 Å². The summed E-state index contributed by atoms with van der Waals surface area (Å²) < 4.78 is 6.76. The van der Waals surface area contributed by atoms with E-state index >= 15 is 0 Å². The van der Waals surface area contributed by atoms with Gasteiger partial charge in [-0.25, -0.2) is 4.79 Å². The Bertz CT molecular complexity index is 1170. The molecule has 0 bridgehead atoms. The van der Waals surface area contributed by atoms with Crippen molar-refractivity contribution in [2.45, 2.75) is 65.7 Å². The summed E-state index contributed by atoms with van der Waals surface area (Å²) in [7, 11) is 0. The number of rotatable bonds is 0. The van der Waals surface area contributed by atoms with Crippen LogP contribution in [-0.4, -0.2) is 15.6 Å². The molecule has 0 amide bonds. The molecule has 1 aliphatic carbocycles. The summed E-state index contributed by atoms with van der Waals surface area (Å²) in [4.78, 5) is 24.8. The van der Waals surface area contributed by atoms with Gasteiger partial charge in [0.2, 0.25) is 0 Å². The van der Waals surface area contributed by atoms with Crippen LogP contribution in [0.4, 0.5) is 0 Å². The van der Waals surface area contributed by atoms with Gasteiger partial charge in [-0.3, -0.25) is 4.79 Å². The molecule has 1 aromatic heterocycles. The zero-order chi connectivity index (χ0) is 20.4. The lowest BCUT2D eigenvalue weighted by molar-refractivity contribution is -0.157. The Morgan fingerprint density at radius 3 is 2.66 bits per heavy atom. The average molecular weight is 391 g/mol. The van der Waals surface area contributed by atoms with Crippen LogP contribution in [0.2, 0.25) is 0 Å². The number of aromatic nitrogens is 1. The molecule has 5 heteroatoms. The van der Waals surface area contributed by atoms with Gasteiger partial charge in [0.1, 0.15) is 6.61 Å². The predicted molar refractivity (Wildman–Crippen MR) is 110 cm³/mol. The van der Waals surface area contributed by atoms with Crippen molar-refractivity contribution in [3.05, 3.63) is 72.7 Å². The maximum atomic E-state index is 13.0. The van der Waals surface area contributed by atoms with Crippen LogP contribution in [-0.2, 0) is 35.5 Å². The molecule has 5 nitrogen and oxygen atoms in total. The summed E-state index contributed by atoms with van der Waals surface area (Å²) in [6.45, 7) is 7.09. The normalized spacial score (nSPS) is 22.8. The fourth-order valence-electron chi connectivity index (χ4n) is 5.31. The first-order chi connectivity index (χ1) is 13.9. The number of ether oxygens (including phenoxy) is 1. The van der Waals surface area contributed by atoms with E-state index < -0.39 is 12.1 Å². The van der Waals surface area contributed by atoms with Gasteiger partial charge in [0, 0.05) is 24.2 Å². The van der Waals surface area contributed by atoms with Gasteiger partial charge in [-0.15, -0.1) is 0 Å². The minimum Gasteiger partial charge on any atom is -0.458 e. The zero-order valence-corrected chi connectivity index (χ0v) is 17.1. The number of carbonyl (C=O) groups is 1. The summed E-state index contributed by atoms with van der Waals surface area (Å²) in [5.41, 5.74) is 11.0. The molecule has 150 valence electrons. The number of hydrogen-bond donors (Lipinski definition) is 1. The van der Waals surface area contributed by atoms with Crippen molar-refractivity contribution in [2.24, 2.45) is 0 Å². The molecule has 2 aliphatic heterocycles. The summed E-state index contributed by atoms with van der Waals surface area (Å²) >= 11 is 0. The highest BCUT2D eigenvalue weighted by molar-refractivity contribution is 5.79. The van der Waals surface area contributed by atoms with Crippen molar-refractivity contribution >= 4 is 11.5 Å². The number of aliphatic hydroxyl groups is 1. The minimum absolute atomic E-state index is 0.0589. The number of pyridine rings is 1. The topological polar surface area (TPSA) is 68.5 Å². The number of carbonyl (C=O) groups excluding carboxylic acids is 1. The molecule has 5 rings (SSSR count). The highest BCUT2D eigenvalue weighted by Gasteiger charge is 2.33. The van der Waals surface area contributed by atoms with E-state index in [-0.39, 0.29) is 12.2 Å². The average Bonchev–Trinajstić information content (AvgIpc) is 3.13. The minimum atomic E-state index is -1.36. The van der Waals surface area contributed by atoms with E-state index in [0.717, 1.165) is 25.0 Å². The number of hydrogen-bond acceptors (Lipinski definition) is 4. The van der Waals surface area contributed by atoms with Gasteiger partial charge in [0.15, 0.2) is 6.10 Å². The number of aryl methyl sites for hydroxylation is 2. The Labute approximate surface area is 169 Å². The van der Waals surface area contributed by atoms with E-state index in [0.29, 0.717) is 24.1 Å². The van der Waals surface area contributed by atoms with Crippen LogP contribution < -0.4 is 5.56 Å². The van der Waals surface area contributed by atoms with Crippen molar-refractivity contribution in [1.82, 2.24) is 4.57 Å². The summed E-state index contributed by atoms with van der Waals surface area (Å²) in [6, 6.07) is 4.10. The molecular weight excluding hydrogens is 366 g/mol. The van der Waals surface area contributed by atoms with E-state index in [1.165, 1.54) is 39.0 Å². The van der Waals surface area contributed by atoms with Crippen molar-refractivity contribution in [3.63, 3.8) is 0 Å². The van der Waals surface area contributed by atoms with Crippen molar-refractivity contribution in [3.8, 4) is 0 Å². The third-order valence-electron chi connectivity index (χ3n) is 6.90. The summed E-state index contributed by atoms with van der Waals surface area (Å²) in [5, 5.41) is 10.2. The van der Waals surface area contributed by atoms with E-state index in [2.05, 4.69) is 26.8 Å². The first kappa shape index (κ1) is 18.4. The summed E-state index contributed by atoms with van der Waals surface area (Å²) in [6.07, 6.45) is 2.58. The maximum Gasteiger partial charge on any atom is 0.340 e. The number of aliphatic hydroxyl groups excluding tert-OH is 1. The fourth-order valence-corrected chi connectivity index (χ4v) is 5.31. The Morgan fingerprint density at radius 2 is 1.86 bits per heavy atom. The van der Waals surface area contributed by atoms with E-state index in [1.54, 1.807) is 4.57 Å². The monoisotopic (exact) mass is 391 g/mol. The summed E-state index contributed by atoms with van der Waals surface area (Å²) in [5.74, 6) is -0.680. The Morgan fingerprint density at radius 1 is 1.07 bits per heavy atom. The van der Waals surface area contributed by atoms with Gasteiger partial charge in [-0.05, 0) is 85.1 Å². The predicted octanol–water partition coefficient (Wildman–Crippen LogP) is 3.21. The number of fused-ring (bicyclic) bond motifs is 3. The number of allylic oxidation sites excluding steroid dienone is 2. The SMILES string of the molecule is Cc1cc(C)c2c(c1C)CCC/C2=C1/Cc2cc3c(c(=O)n2C1)COC(=O)[C@H]3O. The van der Waals surface area contributed by atoms with Crippen molar-refractivity contribution in [1.29, 1.82) is 0 Å². The number of esters is 1. The first-order valence-electron chi connectivity index (χ1n) is 10.3. The fraction of sp³-hybridized carbons (Fsp3) is 0.417. The van der Waals surface area contributed by atoms with Crippen LogP contribution in [0.25, 0.3) is 5.57 Å². The third-order valence-corrected chi connectivity index (χ3v) is 6.90. The Hall–Kier alpha value is -2.66. The molecule has 0 unspecified atom stereocenters. The standard InChI is InChI=1S/C24H25NO4/c1-12-7-13(2)21-17(14(12)3)5-4-6-18(21)15-8-16-9-19-20(23(27)25(16)10-15)11-29-24(28)22(19)26/h7,9,22,26H,4-6,8,10-11H2,1-3H3/b18-15+/t22-/m0/s1. The molecule has 3 heterocycles. The number of benzene rings is 1. The van der Waals surface area contributed by atoms with Crippen LogP contribution in [0.5, 0.6) is 0 Å². The second kappa shape index (κ2) is 6.42. The molecule has 0 saturated heterocycles. The van der Waals surface area contributed by atoms with Gasteiger partial charge in [0.05, 0.1) is 5.56 Å². The molecule has 0 spiro atoms. The van der Waals surface area contributed by atoms with Crippen molar-refractivity contribution in [2.75, 3.05) is 0 Å². The molecule has 1 N–H and O–H groups in total. The van der Waals surface area contributed by atoms with Gasteiger partial charge in [-0.2, -0.15) is 0 Å². The van der Waals surface area contributed by atoms with E-state index in [4.69, 9.17) is 4.74 Å². The zero-order valence-electron chi connectivity index (χ0n) is 17.1. The first-order valence-corrected chi connectivity index (χ1v) is 10.3. The molecule has 0 saturated carbocycles. The van der Waals surface area contributed by atoms with Crippen molar-refractivity contribution < 1.29 is 14.6 Å². The van der Waals surface area contributed by atoms with Crippen LogP contribution >= 0.6 is 0 Å². The Kier molecular flexibility index (Phi) is 4.07. The third kappa shape index (κ3) is 2.64. The highest BCUT2D eigenvalue weighted by Crippen LogP contribution is 2.40. The number of nitrogens with zero attached hydrogens (tertiary/aromatic N) is 1. The lowest BCUT2D eigenvalue weighted by Crippen LogP contribution is -2.32. The molecule has 1 atom stereocenters. The maximum absolute atomic E-state index is 13.0. The van der Waals surface area contributed by atoms with Gasteiger partial charge in [-0.1, -0.05) is 6.07 Å². The van der Waals surface area contributed by atoms with E-state index in [9.17, 15) is 14.7 Å². The molecule has 29 heavy (non-hydrogen) atoms. The van der Waals surface area contributed by atoms with E-state index in [1.807, 2.05) is 6.07 Å².